The SMILES string of the molecule is [B][C@@H]1O[C@@]2(C)CN[C@H]1[C@H]2CC. The van der Waals surface area contributed by atoms with Crippen LogP contribution in [-0.4, -0.2) is 32.0 Å². The second kappa shape index (κ2) is 2.24. The first-order valence-corrected chi connectivity index (χ1v) is 4.34. The number of fused-ring (bicyclic) bond motifs is 2. The maximum absolute atomic E-state index is 5.79. The smallest absolute Gasteiger partial charge is 0.111 e. The van der Waals surface area contributed by atoms with Gasteiger partial charge in [-0.15, -0.1) is 0 Å². The maximum atomic E-state index is 5.79. The van der Waals surface area contributed by atoms with Gasteiger partial charge in [0.15, 0.2) is 0 Å². The van der Waals surface area contributed by atoms with Crippen molar-refractivity contribution in [3.63, 3.8) is 0 Å². The Morgan fingerprint density at radius 1 is 1.73 bits per heavy atom. The highest BCUT2D eigenvalue weighted by atomic mass is 16.5. The summed E-state index contributed by atoms with van der Waals surface area (Å²) in [5.74, 6) is 0.609. The first-order chi connectivity index (χ1) is 5.17. The summed E-state index contributed by atoms with van der Waals surface area (Å²) in [5, 5.41) is 3.40. The molecule has 0 amide bonds. The molecule has 2 heterocycles. The molecular weight excluding hydrogens is 137 g/mol. The summed E-state index contributed by atoms with van der Waals surface area (Å²) in [4.78, 5) is 0. The Labute approximate surface area is 69.1 Å². The Morgan fingerprint density at radius 2 is 2.45 bits per heavy atom. The van der Waals surface area contributed by atoms with Crippen LogP contribution in [0.2, 0.25) is 0 Å². The van der Waals surface area contributed by atoms with E-state index in [1.165, 1.54) is 0 Å². The number of morpholine rings is 1. The molecule has 0 aliphatic carbocycles. The largest absolute Gasteiger partial charge is 0.379 e. The fourth-order valence-electron chi connectivity index (χ4n) is 2.52. The van der Waals surface area contributed by atoms with Gasteiger partial charge < -0.3 is 10.1 Å². The minimum absolute atomic E-state index is 0.0127. The number of nitrogens with one attached hydrogen (secondary N) is 1. The van der Waals surface area contributed by atoms with Crippen molar-refractivity contribution < 1.29 is 4.74 Å². The molecule has 0 aromatic heterocycles. The Morgan fingerprint density at radius 3 is 2.73 bits per heavy atom. The maximum Gasteiger partial charge on any atom is 0.111 e. The Bertz CT molecular complexity index is 175. The van der Waals surface area contributed by atoms with Crippen molar-refractivity contribution in [1.82, 2.24) is 5.32 Å². The van der Waals surface area contributed by atoms with E-state index in [0.717, 1.165) is 13.0 Å². The molecule has 60 valence electrons. The zero-order valence-electron chi connectivity index (χ0n) is 7.13. The molecule has 0 spiro atoms. The summed E-state index contributed by atoms with van der Waals surface area (Å²) in [5.41, 5.74) is 0.0127. The molecular formula is C8H14BNO. The topological polar surface area (TPSA) is 21.3 Å². The standard InChI is InChI=1S/C8H14BNO/c1-3-5-6-7(9)11-8(5,2)4-10-6/h5-7,10H,3-4H2,1-2H3/t5-,6+,7-,8+/m1/s1. The monoisotopic (exact) mass is 151 g/mol. The predicted molar refractivity (Wildman–Crippen MR) is 44.6 cm³/mol. The van der Waals surface area contributed by atoms with E-state index in [1.807, 2.05) is 0 Å². The number of rotatable bonds is 1. The van der Waals surface area contributed by atoms with E-state index >= 15 is 0 Å². The van der Waals surface area contributed by atoms with Crippen LogP contribution >= 0.6 is 0 Å². The normalized spacial score (nSPS) is 55.3. The van der Waals surface area contributed by atoms with Crippen molar-refractivity contribution in [2.75, 3.05) is 6.54 Å². The first kappa shape index (κ1) is 7.62. The van der Waals surface area contributed by atoms with E-state index in [1.54, 1.807) is 0 Å². The first-order valence-electron chi connectivity index (χ1n) is 4.34. The second-order valence-corrected chi connectivity index (χ2v) is 3.82. The van der Waals surface area contributed by atoms with Crippen molar-refractivity contribution in [3.8, 4) is 0 Å². The molecule has 0 unspecified atom stereocenters. The molecule has 2 radical (unpaired) electrons. The van der Waals surface area contributed by atoms with Gasteiger partial charge in [0.05, 0.1) is 5.60 Å². The van der Waals surface area contributed by atoms with Crippen molar-refractivity contribution >= 4 is 7.85 Å². The van der Waals surface area contributed by atoms with Crippen LogP contribution in [0.25, 0.3) is 0 Å². The summed E-state index contributed by atoms with van der Waals surface area (Å²) in [6.07, 6.45) is 1.15. The molecule has 4 atom stereocenters. The number of hydrogen-bond acceptors (Lipinski definition) is 2. The molecule has 2 aliphatic rings. The third-order valence-corrected chi connectivity index (χ3v) is 3.11. The zero-order chi connectivity index (χ0) is 8.06. The molecule has 2 aliphatic heterocycles. The molecule has 0 saturated carbocycles. The number of hydrogen-bond donors (Lipinski definition) is 1. The Kier molecular flexibility index (Phi) is 1.55. The lowest BCUT2D eigenvalue weighted by Crippen LogP contribution is -2.43. The molecule has 2 fully saturated rings. The molecule has 3 heteroatoms. The summed E-state index contributed by atoms with van der Waals surface area (Å²) in [6.45, 7) is 5.31. The Hall–Kier alpha value is -0.0151. The molecule has 2 saturated heterocycles. The number of ether oxygens (including phenoxy) is 1. The van der Waals surface area contributed by atoms with Crippen LogP contribution in [0.4, 0.5) is 0 Å². The molecule has 2 bridgehead atoms. The van der Waals surface area contributed by atoms with Gasteiger partial charge in [-0.1, -0.05) is 6.92 Å². The molecule has 11 heavy (non-hydrogen) atoms. The molecule has 0 aromatic carbocycles. The van der Waals surface area contributed by atoms with E-state index in [9.17, 15) is 0 Å². The van der Waals surface area contributed by atoms with Crippen molar-refractivity contribution in [1.29, 1.82) is 0 Å². The van der Waals surface area contributed by atoms with Crippen LogP contribution in [0.3, 0.4) is 0 Å². The fraction of sp³-hybridized carbons (Fsp3) is 1.00. The average molecular weight is 151 g/mol. The van der Waals surface area contributed by atoms with E-state index < -0.39 is 0 Å². The zero-order valence-corrected chi connectivity index (χ0v) is 7.13. The van der Waals surface area contributed by atoms with Crippen LogP contribution in [0, 0.1) is 5.92 Å². The van der Waals surface area contributed by atoms with Gasteiger partial charge in [-0.3, -0.25) is 0 Å². The van der Waals surface area contributed by atoms with E-state index in [0.29, 0.717) is 12.0 Å². The fourth-order valence-corrected chi connectivity index (χ4v) is 2.52. The quantitative estimate of drug-likeness (QED) is 0.543. The van der Waals surface area contributed by atoms with Crippen LogP contribution in [0.1, 0.15) is 20.3 Å². The lowest BCUT2D eigenvalue weighted by molar-refractivity contribution is -0.0246. The highest BCUT2D eigenvalue weighted by Gasteiger charge is 2.53. The van der Waals surface area contributed by atoms with E-state index in [-0.39, 0.29) is 11.6 Å². The molecule has 1 N–H and O–H groups in total. The van der Waals surface area contributed by atoms with Gasteiger partial charge in [-0.05, 0) is 13.3 Å². The van der Waals surface area contributed by atoms with Crippen LogP contribution in [0.5, 0.6) is 0 Å². The molecule has 2 nitrogen and oxygen atoms in total. The van der Waals surface area contributed by atoms with E-state index in [4.69, 9.17) is 12.6 Å². The van der Waals surface area contributed by atoms with Gasteiger partial charge in [-0.2, -0.15) is 0 Å². The summed E-state index contributed by atoms with van der Waals surface area (Å²) >= 11 is 0. The Balaban J connectivity index is 2.22. The van der Waals surface area contributed by atoms with Gasteiger partial charge >= 0.3 is 0 Å². The van der Waals surface area contributed by atoms with Gasteiger partial charge in [-0.25, -0.2) is 0 Å². The van der Waals surface area contributed by atoms with Crippen LogP contribution in [-0.2, 0) is 4.74 Å². The minimum Gasteiger partial charge on any atom is -0.379 e. The van der Waals surface area contributed by atoms with Crippen LogP contribution < -0.4 is 5.32 Å². The van der Waals surface area contributed by atoms with Crippen molar-refractivity contribution in [2.24, 2.45) is 5.92 Å². The summed E-state index contributed by atoms with van der Waals surface area (Å²) in [6, 6.07) is 0.309. The lowest BCUT2D eigenvalue weighted by Gasteiger charge is -2.27. The van der Waals surface area contributed by atoms with Crippen LogP contribution in [0.15, 0.2) is 0 Å². The third-order valence-electron chi connectivity index (χ3n) is 3.11. The van der Waals surface area contributed by atoms with Gasteiger partial charge in [0.1, 0.15) is 7.85 Å². The highest BCUT2D eigenvalue weighted by molar-refractivity contribution is 6.11. The summed E-state index contributed by atoms with van der Waals surface area (Å²) in [7, 11) is 5.79. The third kappa shape index (κ3) is 0.874. The van der Waals surface area contributed by atoms with Gasteiger partial charge in [0.2, 0.25) is 0 Å². The van der Waals surface area contributed by atoms with Gasteiger partial charge in [0.25, 0.3) is 0 Å². The molecule has 2 rings (SSSR count). The van der Waals surface area contributed by atoms with Gasteiger partial charge in [0, 0.05) is 24.5 Å². The highest BCUT2D eigenvalue weighted by Crippen LogP contribution is 2.41. The lowest BCUT2D eigenvalue weighted by atomic mass is 9.83. The van der Waals surface area contributed by atoms with E-state index in [2.05, 4.69) is 19.2 Å². The molecule has 0 aromatic rings. The summed E-state index contributed by atoms with van der Waals surface area (Å²) < 4.78 is 5.67. The minimum atomic E-state index is -0.0845. The second-order valence-electron chi connectivity index (χ2n) is 3.82. The predicted octanol–water partition coefficient (Wildman–Crippen LogP) is 0.268. The average Bonchev–Trinajstić information content (AvgIpc) is 2.36. The van der Waals surface area contributed by atoms with Crippen molar-refractivity contribution in [3.05, 3.63) is 0 Å². The van der Waals surface area contributed by atoms with Crippen molar-refractivity contribution in [2.45, 2.75) is 37.9 Å².